The molecule has 5 nitrogen and oxygen atoms in total. The van der Waals surface area contributed by atoms with Gasteiger partial charge in [0, 0.05) is 12.2 Å². The molecule has 2 aromatic carbocycles. The molecule has 0 bridgehead atoms. The Morgan fingerprint density at radius 3 is 2.43 bits per heavy atom. The third kappa shape index (κ3) is 2.76. The van der Waals surface area contributed by atoms with Crippen molar-refractivity contribution >= 4 is 11.3 Å². The third-order valence-electron chi connectivity index (χ3n) is 5.24. The van der Waals surface area contributed by atoms with Crippen LogP contribution in [-0.4, -0.2) is 20.7 Å². The second-order valence-corrected chi connectivity index (χ2v) is 7.09. The molecule has 0 radical (unpaired) electrons. The molecule has 2 aromatic heterocycles. The Kier molecular flexibility index (Phi) is 4.13. The van der Waals surface area contributed by atoms with Crippen LogP contribution in [0.3, 0.4) is 0 Å². The van der Waals surface area contributed by atoms with Crippen LogP contribution in [0.25, 0.3) is 28.3 Å². The van der Waals surface area contributed by atoms with E-state index < -0.39 is 0 Å². The average Bonchev–Trinajstić information content (AvgIpc) is 3.13. The van der Waals surface area contributed by atoms with Gasteiger partial charge in [0.15, 0.2) is 0 Å². The minimum absolute atomic E-state index is 0.0160. The normalized spacial score (nSPS) is 14.5. The van der Waals surface area contributed by atoms with Crippen LogP contribution >= 0.6 is 0 Å². The summed E-state index contributed by atoms with van der Waals surface area (Å²) in [6.07, 6.45) is 7.39. The molecule has 0 atom stereocenters. The van der Waals surface area contributed by atoms with Crippen molar-refractivity contribution in [2.45, 2.75) is 19.3 Å². The van der Waals surface area contributed by atoms with E-state index in [1.807, 2.05) is 59.2 Å². The summed E-state index contributed by atoms with van der Waals surface area (Å²) in [5, 5.41) is 3.46. The SMILES string of the molecule is O=c1c(C2=CCCCCN2)c2[nH]c(-c3ccccc3)cn2n1-c1ccccc1. The lowest BCUT2D eigenvalue weighted by Gasteiger charge is -2.06. The zero-order chi connectivity index (χ0) is 18.9. The average molecular weight is 370 g/mol. The number of benzene rings is 2. The van der Waals surface area contributed by atoms with E-state index >= 15 is 0 Å². The number of hydrogen-bond acceptors (Lipinski definition) is 2. The molecular weight excluding hydrogens is 348 g/mol. The van der Waals surface area contributed by atoms with E-state index in [1.54, 1.807) is 4.68 Å². The van der Waals surface area contributed by atoms with Crippen LogP contribution in [0.4, 0.5) is 0 Å². The van der Waals surface area contributed by atoms with Gasteiger partial charge in [-0.05, 0) is 37.0 Å². The van der Waals surface area contributed by atoms with Gasteiger partial charge in [0.05, 0.1) is 17.6 Å². The van der Waals surface area contributed by atoms with E-state index in [0.29, 0.717) is 5.56 Å². The molecule has 0 saturated carbocycles. The first-order valence-electron chi connectivity index (χ1n) is 9.74. The minimum atomic E-state index is -0.0160. The van der Waals surface area contributed by atoms with Gasteiger partial charge in [0.25, 0.3) is 5.56 Å². The van der Waals surface area contributed by atoms with E-state index in [-0.39, 0.29) is 5.56 Å². The monoisotopic (exact) mass is 370 g/mol. The maximum Gasteiger partial charge on any atom is 0.283 e. The number of H-pyrrole nitrogens is 1. The molecule has 0 fully saturated rings. The summed E-state index contributed by atoms with van der Waals surface area (Å²) in [5.41, 5.74) is 5.35. The Labute approximate surface area is 162 Å². The summed E-state index contributed by atoms with van der Waals surface area (Å²) in [7, 11) is 0. The van der Waals surface area contributed by atoms with Gasteiger partial charge in [0.2, 0.25) is 0 Å². The first kappa shape index (κ1) is 16.7. The Bertz CT molecular complexity index is 1200. The predicted octanol–water partition coefficient (Wildman–Crippen LogP) is 4.20. The maximum atomic E-state index is 13.5. The molecule has 0 saturated heterocycles. The van der Waals surface area contributed by atoms with Gasteiger partial charge < -0.3 is 10.3 Å². The van der Waals surface area contributed by atoms with Gasteiger partial charge >= 0.3 is 0 Å². The highest BCUT2D eigenvalue weighted by Crippen LogP contribution is 2.25. The molecule has 0 amide bonds. The minimum Gasteiger partial charge on any atom is -0.385 e. The lowest BCUT2D eigenvalue weighted by molar-refractivity contribution is 0.734. The van der Waals surface area contributed by atoms with Crippen molar-refractivity contribution in [2.75, 3.05) is 6.54 Å². The molecule has 0 unspecified atom stereocenters. The van der Waals surface area contributed by atoms with Crippen molar-refractivity contribution in [2.24, 2.45) is 0 Å². The van der Waals surface area contributed by atoms with Crippen molar-refractivity contribution in [3.8, 4) is 16.9 Å². The fourth-order valence-electron chi connectivity index (χ4n) is 3.86. The largest absolute Gasteiger partial charge is 0.385 e. The number of aromatic amines is 1. The Balaban J connectivity index is 1.79. The highest BCUT2D eigenvalue weighted by molar-refractivity contribution is 5.77. The van der Waals surface area contributed by atoms with Crippen LogP contribution in [0.15, 0.2) is 77.7 Å². The van der Waals surface area contributed by atoms with E-state index in [1.165, 1.54) is 0 Å². The number of allylic oxidation sites excluding steroid dienone is 1. The fraction of sp³-hybridized carbons (Fsp3) is 0.174. The molecule has 1 aliphatic heterocycles. The molecule has 0 aliphatic carbocycles. The zero-order valence-electron chi connectivity index (χ0n) is 15.6. The molecule has 4 aromatic rings. The highest BCUT2D eigenvalue weighted by atomic mass is 16.1. The summed E-state index contributed by atoms with van der Waals surface area (Å²) < 4.78 is 3.67. The number of hydrogen-bond donors (Lipinski definition) is 2. The molecule has 140 valence electrons. The predicted molar refractivity (Wildman–Crippen MR) is 113 cm³/mol. The van der Waals surface area contributed by atoms with Gasteiger partial charge in [-0.1, -0.05) is 54.6 Å². The number of imidazole rings is 1. The summed E-state index contributed by atoms with van der Waals surface area (Å²) >= 11 is 0. The highest BCUT2D eigenvalue weighted by Gasteiger charge is 2.22. The molecule has 1 aliphatic rings. The van der Waals surface area contributed by atoms with Crippen molar-refractivity contribution in [3.63, 3.8) is 0 Å². The molecule has 5 heteroatoms. The summed E-state index contributed by atoms with van der Waals surface area (Å²) in [5.74, 6) is 0. The number of nitrogens with zero attached hydrogens (tertiary/aromatic N) is 2. The number of rotatable bonds is 3. The molecule has 5 rings (SSSR count). The van der Waals surface area contributed by atoms with Crippen LogP contribution in [-0.2, 0) is 0 Å². The Morgan fingerprint density at radius 1 is 0.893 bits per heavy atom. The van der Waals surface area contributed by atoms with Crippen LogP contribution in [0.1, 0.15) is 24.8 Å². The lowest BCUT2D eigenvalue weighted by atomic mass is 10.2. The van der Waals surface area contributed by atoms with E-state index in [9.17, 15) is 4.79 Å². The summed E-state index contributed by atoms with van der Waals surface area (Å²) in [6, 6.07) is 20.0. The van der Waals surface area contributed by atoms with E-state index in [4.69, 9.17) is 0 Å². The zero-order valence-corrected chi connectivity index (χ0v) is 15.6. The second-order valence-electron chi connectivity index (χ2n) is 7.09. The van der Waals surface area contributed by atoms with Gasteiger partial charge in [-0.3, -0.25) is 4.79 Å². The van der Waals surface area contributed by atoms with Gasteiger partial charge in [-0.15, -0.1) is 0 Å². The first-order chi connectivity index (χ1) is 13.8. The van der Waals surface area contributed by atoms with Crippen molar-refractivity contribution < 1.29 is 0 Å². The first-order valence-corrected chi connectivity index (χ1v) is 9.74. The van der Waals surface area contributed by atoms with E-state index in [2.05, 4.69) is 28.5 Å². The molecule has 3 heterocycles. The van der Waals surface area contributed by atoms with Crippen LogP contribution < -0.4 is 10.9 Å². The number of fused-ring (bicyclic) bond motifs is 1. The second kappa shape index (κ2) is 6.93. The van der Waals surface area contributed by atoms with Crippen LogP contribution in [0, 0.1) is 0 Å². The Morgan fingerprint density at radius 2 is 1.64 bits per heavy atom. The quantitative estimate of drug-likeness (QED) is 0.568. The van der Waals surface area contributed by atoms with Gasteiger partial charge in [-0.2, -0.15) is 0 Å². The van der Waals surface area contributed by atoms with Crippen LogP contribution in [0.2, 0.25) is 0 Å². The van der Waals surface area contributed by atoms with Crippen molar-refractivity contribution in [1.29, 1.82) is 0 Å². The number of para-hydroxylation sites is 1. The summed E-state index contributed by atoms with van der Waals surface area (Å²) in [4.78, 5) is 16.9. The fourth-order valence-corrected chi connectivity index (χ4v) is 3.86. The van der Waals surface area contributed by atoms with Crippen molar-refractivity contribution in [3.05, 3.63) is 88.9 Å². The number of aromatic nitrogens is 3. The van der Waals surface area contributed by atoms with Crippen LogP contribution in [0.5, 0.6) is 0 Å². The van der Waals surface area contributed by atoms with E-state index in [0.717, 1.165) is 54.1 Å². The molecule has 28 heavy (non-hydrogen) atoms. The smallest absolute Gasteiger partial charge is 0.283 e. The number of nitrogens with one attached hydrogen (secondary N) is 2. The molecular formula is C23H22N4O. The Hall–Kier alpha value is -3.47. The van der Waals surface area contributed by atoms with Crippen molar-refractivity contribution in [1.82, 2.24) is 19.5 Å². The molecule has 0 spiro atoms. The van der Waals surface area contributed by atoms with Gasteiger partial charge in [-0.25, -0.2) is 9.20 Å². The third-order valence-corrected chi connectivity index (χ3v) is 5.24. The van der Waals surface area contributed by atoms with Gasteiger partial charge in [0.1, 0.15) is 11.2 Å². The maximum absolute atomic E-state index is 13.5. The summed E-state index contributed by atoms with van der Waals surface area (Å²) in [6.45, 7) is 0.889. The standard InChI is InChI=1S/C23H22N4O/c28-23-21(19-14-8-3-9-15-24-19)22-25-20(17-10-4-1-5-11-17)16-26(22)27(23)18-12-6-2-7-13-18/h1-2,4-7,10-14,16,24-25H,3,8-9,15H2. The molecule has 2 N–H and O–H groups in total. The lowest BCUT2D eigenvalue weighted by Crippen LogP contribution is -2.22. The topological polar surface area (TPSA) is 54.2 Å².